The molecule has 1 fully saturated rings. The Kier molecular flexibility index (Phi) is 44.5. The topological polar surface area (TPSA) is 770 Å². The number of fused-ring (bicyclic) bond motifs is 1. The molecule has 11 amide bonds. The lowest BCUT2D eigenvalue weighted by molar-refractivity contribution is -0.142. The van der Waals surface area contributed by atoms with Gasteiger partial charge in [0.25, 0.3) is 20.2 Å². The number of amides is 11. The van der Waals surface area contributed by atoms with E-state index in [2.05, 4.69) is 74.4 Å². The summed E-state index contributed by atoms with van der Waals surface area (Å²) in [5.74, 6) is -13.2. The number of carboxylic acid groups (broad SMARTS) is 1. The average molecular weight is 1870 g/mol. The number of unbranched alkanes of at least 4 members (excludes halogenated alkanes) is 2. The third kappa shape index (κ3) is 37.4. The minimum Gasteiger partial charge on any atom is -0.480 e. The van der Waals surface area contributed by atoms with E-state index in [1.54, 1.807) is 24.3 Å². The highest BCUT2D eigenvalue weighted by Gasteiger charge is 2.43. The molecule has 0 aliphatic carbocycles. The summed E-state index contributed by atoms with van der Waals surface area (Å²) in [6, 6.07) is -1.82. The Morgan fingerprint density at radius 3 is 1.43 bits per heavy atom. The first-order chi connectivity index (χ1) is 60.5. The smallest absolute Gasteiger partial charge is 0.327 e. The van der Waals surface area contributed by atoms with Gasteiger partial charge in [0.05, 0.1) is 21.6 Å². The summed E-state index contributed by atoms with van der Waals surface area (Å²) in [5.41, 5.74) is 30.2. The van der Waals surface area contributed by atoms with E-state index in [9.17, 15) is 88.6 Å². The Bertz CT molecular complexity index is 4760. The highest BCUT2D eigenvalue weighted by molar-refractivity contribution is 8.00. The number of hydrogen-bond acceptors (Lipinski definition) is 24. The van der Waals surface area contributed by atoms with Crippen molar-refractivity contribution in [2.45, 2.75) is 220 Å². The minimum atomic E-state index is -4.58. The van der Waals surface area contributed by atoms with Gasteiger partial charge in [0.1, 0.15) is 42.3 Å². The van der Waals surface area contributed by atoms with Crippen molar-refractivity contribution < 1.29 is 88.6 Å². The Morgan fingerprint density at radius 1 is 0.558 bits per heavy atom. The molecule has 32 N–H and O–H groups in total. The molecule has 2 heterocycles. The number of guanidine groups is 5. The third-order valence-corrected chi connectivity index (χ3v) is 23.6. The highest BCUT2D eigenvalue weighted by Crippen LogP contribution is 2.49. The zero-order chi connectivity index (χ0) is 96.7. The number of aliphatic carboxylic acids is 1. The predicted molar refractivity (Wildman–Crippen MR) is 485 cm³/mol. The number of anilines is 1. The second-order valence-corrected chi connectivity index (χ2v) is 35.6. The summed E-state index contributed by atoms with van der Waals surface area (Å²) in [4.78, 5) is 171. The fourth-order valence-electron chi connectivity index (χ4n) is 13.9. The van der Waals surface area contributed by atoms with Gasteiger partial charge in [0.15, 0.2) is 29.8 Å². The molecular formula is C80H127N27O19S3. The summed E-state index contributed by atoms with van der Waals surface area (Å²) < 4.78 is 68.7. The number of benzene rings is 2. The first-order valence-corrected chi connectivity index (χ1v) is 45.7. The number of allylic oxidation sites excluding steroid dienone is 6. The van der Waals surface area contributed by atoms with E-state index < -0.39 is 186 Å². The molecule has 1 unspecified atom stereocenters. The van der Waals surface area contributed by atoms with Crippen LogP contribution in [-0.4, -0.2) is 261 Å². The van der Waals surface area contributed by atoms with Crippen LogP contribution in [-0.2, 0) is 88.6 Å². The molecule has 714 valence electrons. The van der Waals surface area contributed by atoms with Gasteiger partial charge in [-0.05, 0) is 157 Å². The van der Waals surface area contributed by atoms with Gasteiger partial charge in [0, 0.05) is 112 Å². The molecule has 2 aromatic rings. The van der Waals surface area contributed by atoms with Crippen molar-refractivity contribution in [1.29, 1.82) is 27.0 Å². The van der Waals surface area contributed by atoms with Crippen LogP contribution >= 0.6 is 11.8 Å². The number of rotatable bonds is 56. The van der Waals surface area contributed by atoms with Gasteiger partial charge in [-0.3, -0.25) is 98.8 Å². The molecule has 4 rings (SSSR count). The maximum Gasteiger partial charge on any atom is 0.327 e. The van der Waals surface area contributed by atoms with Gasteiger partial charge < -0.3 is 113 Å². The second-order valence-electron chi connectivity index (χ2n) is 31.6. The van der Waals surface area contributed by atoms with Gasteiger partial charge in [-0.1, -0.05) is 58.4 Å². The lowest BCUT2D eigenvalue weighted by Gasteiger charge is -2.28. The van der Waals surface area contributed by atoms with Crippen LogP contribution in [0.3, 0.4) is 0 Å². The fourth-order valence-corrected chi connectivity index (χ4v) is 16.1. The van der Waals surface area contributed by atoms with Gasteiger partial charge in [-0.2, -0.15) is 16.8 Å². The van der Waals surface area contributed by atoms with Crippen molar-refractivity contribution in [2.75, 3.05) is 76.1 Å². The van der Waals surface area contributed by atoms with Crippen LogP contribution in [0.5, 0.6) is 0 Å². The van der Waals surface area contributed by atoms with Crippen molar-refractivity contribution in [1.82, 2.24) is 79.3 Å². The first kappa shape index (κ1) is 109. The number of carbonyl (C=O) groups is 12. The van der Waals surface area contributed by atoms with Crippen LogP contribution in [0.2, 0.25) is 0 Å². The first-order valence-electron chi connectivity index (χ1n) is 41.8. The average Bonchev–Trinajstić information content (AvgIpc) is 1.59. The zero-order valence-electron chi connectivity index (χ0n) is 73.7. The number of aryl methyl sites for hydroxylation is 1. The van der Waals surface area contributed by atoms with Crippen LogP contribution in [0.15, 0.2) is 87.3 Å². The lowest BCUT2D eigenvalue weighted by atomic mass is 9.77. The number of imide groups is 1. The Balaban J connectivity index is 1.49. The van der Waals surface area contributed by atoms with E-state index in [0.717, 1.165) is 27.9 Å². The highest BCUT2D eigenvalue weighted by atomic mass is 32.2. The molecular weight excluding hydrogens is 1740 g/mol. The van der Waals surface area contributed by atoms with Crippen molar-refractivity contribution in [2.24, 2.45) is 33.7 Å². The molecule has 129 heavy (non-hydrogen) atoms. The number of likely N-dealkylation sites (tertiary alicyclic amines) is 1. The molecule has 0 bridgehead atoms. The number of nitrogens with one attached hydrogen (secondary N) is 19. The quantitative estimate of drug-likeness (QED) is 0.00813. The standard InChI is InChI=1S/C80H127N27O19S3/c1-9-91-61(79(5,6)51-41-49(128(121,122)123)30-29-46(51)2)26-12-10-13-27-62-80(7,8)52-42-50(129(124,125)126)31-32-59(52)106(62)39-15-11-14-28-63(109)92-38-40-107-65(111)43-60(72(107)118)127-45-58(73(119)120)105-71(117)57(25-20-37-97-78(89)90)104-70(116)56(24-19-36-96-77(87)88)103-69(115)55(23-18-35-95-76(85)86)102-68(114)54(22-17-34-94-75(83)84)101-67(113)53(21-16-33-93-74(81)82)100-64(110)44-98-66(112)47(3)99-48(4)108/h10,12-13,26-27,29-32,41-42,47,53-58,60H,9,11,14-25,28,33-40,43-45H2,1-8H3,(H,92,109)(H,98,112)(H,99,108)(H,100,110)(H,101,113)(H,102,114)(H,103,115)(H,104,116)(H,105,117)(H,119,120)(H4,81,82,93)(H4,83,84,94)(H4,85,86,95)(H4,87,88,96)(H4,89,90,97)(H,121,122,123)(H,124,125,126)/b13-10+,26-12+,62-27+,91-61+/t47-,53+,54+,55+,56+,57+,58+,60?/m0/s1. The monoisotopic (exact) mass is 1870 g/mol. The zero-order valence-corrected chi connectivity index (χ0v) is 76.1. The summed E-state index contributed by atoms with van der Waals surface area (Å²) in [6.45, 7) is 13.6. The largest absolute Gasteiger partial charge is 0.480 e. The number of nitrogens with zero attached hydrogens (tertiary/aromatic N) is 3. The summed E-state index contributed by atoms with van der Waals surface area (Å²) in [5, 5.41) is 83.2. The number of carboxylic acids is 1. The van der Waals surface area contributed by atoms with E-state index in [1.165, 1.54) is 38.1 Å². The molecule has 1 saturated heterocycles. The van der Waals surface area contributed by atoms with E-state index in [0.29, 0.717) is 54.9 Å². The van der Waals surface area contributed by atoms with E-state index in [4.69, 9.17) is 60.7 Å². The molecule has 0 saturated carbocycles. The Labute approximate surface area is 754 Å². The molecule has 2 aliphatic heterocycles. The van der Waals surface area contributed by atoms with Crippen molar-refractivity contribution >= 4 is 144 Å². The molecule has 0 aromatic heterocycles. The number of nitrogens with two attached hydrogens (primary N) is 5. The molecule has 0 spiro atoms. The number of hydrogen-bond donors (Lipinski definition) is 27. The Morgan fingerprint density at radius 2 is 1.00 bits per heavy atom. The number of carbonyl (C=O) groups excluding carboxylic acids is 11. The third-order valence-electron chi connectivity index (χ3n) is 20.6. The summed E-state index contributed by atoms with van der Waals surface area (Å²) in [6.07, 6.45) is 9.30. The van der Waals surface area contributed by atoms with Gasteiger partial charge in [-0.15, -0.1) is 11.8 Å². The molecule has 2 aliphatic rings. The van der Waals surface area contributed by atoms with Crippen molar-refractivity contribution in [3.05, 3.63) is 89.2 Å². The molecule has 2 aromatic carbocycles. The Hall–Kier alpha value is -12.5. The maximum absolute atomic E-state index is 14.8. The number of aliphatic imine (C=N–C) groups is 1. The van der Waals surface area contributed by atoms with Crippen molar-refractivity contribution in [3.8, 4) is 0 Å². The SMILES string of the molecule is CC\N=C(/C=C/C=C/C=C1/N(CCCCCC(=O)NCCN2C(=O)CC(SC[C@@H](NC(=O)[C@@H](CCCNC(=N)N)NC(=O)[C@@H](CCCNC(=N)N)NC(=O)[C@@H](CCCNC(=N)N)NC(=O)[C@@H](CCCNC(=N)N)NC(=O)[C@@H](CCCNC(=N)N)NC(=O)CNC(=O)[C@H](C)NC(C)=O)C(=O)O)C2=O)c2ccc(S(=O)(=O)O)cc2C1(C)C)C(C)(C)c1cc(S(=O)(=O)O)ccc1C. The van der Waals surface area contributed by atoms with E-state index >= 15 is 0 Å². The molecule has 49 heteroatoms. The predicted octanol–water partition coefficient (Wildman–Crippen LogP) is -2.49. The molecule has 46 nitrogen and oxygen atoms in total. The van der Waals surface area contributed by atoms with Gasteiger partial charge in [-0.25, -0.2) is 4.79 Å². The van der Waals surface area contributed by atoms with Gasteiger partial charge >= 0.3 is 5.97 Å². The van der Waals surface area contributed by atoms with Crippen LogP contribution in [0.25, 0.3) is 0 Å². The van der Waals surface area contributed by atoms with Crippen LogP contribution in [0, 0.1) is 34.0 Å². The van der Waals surface area contributed by atoms with E-state index in [1.807, 2.05) is 64.7 Å². The van der Waals surface area contributed by atoms with Crippen LogP contribution in [0.4, 0.5) is 5.69 Å². The lowest BCUT2D eigenvalue weighted by Crippen LogP contribution is -2.60. The maximum atomic E-state index is 14.8. The molecule has 8 atom stereocenters. The van der Waals surface area contributed by atoms with E-state index in [-0.39, 0.29) is 139 Å². The second kappa shape index (κ2) is 52.7. The fraction of sp³-hybridized carbons (Fsp3) is 0.550. The minimum absolute atomic E-state index is 0.00112. The molecule has 0 radical (unpaired) electrons. The summed E-state index contributed by atoms with van der Waals surface area (Å²) in [7, 11) is -9.06. The van der Waals surface area contributed by atoms with Crippen LogP contribution in [0.1, 0.15) is 161 Å². The van der Waals surface area contributed by atoms with Gasteiger partial charge in [0.2, 0.25) is 65.0 Å². The van der Waals surface area contributed by atoms with Crippen molar-refractivity contribution in [3.63, 3.8) is 0 Å². The van der Waals surface area contributed by atoms with Crippen LogP contribution < -0.4 is 108 Å². The normalized spacial score (nSPS) is 15.8. The number of thioether (sulfide) groups is 1. The summed E-state index contributed by atoms with van der Waals surface area (Å²) >= 11 is 0.751.